The minimum absolute atomic E-state index is 0.0688. The highest BCUT2D eigenvalue weighted by Crippen LogP contribution is 2.38. The Balaban J connectivity index is 1.98. The lowest BCUT2D eigenvalue weighted by Crippen LogP contribution is -2.11. The summed E-state index contributed by atoms with van der Waals surface area (Å²) in [6, 6.07) is 1.27. The fourth-order valence-electron chi connectivity index (χ4n) is 2.87. The van der Waals surface area contributed by atoms with Crippen molar-refractivity contribution >= 4 is 5.57 Å². The predicted octanol–water partition coefficient (Wildman–Crippen LogP) is 5.51. The molecule has 2 heterocycles. The number of halogens is 6. The maximum absolute atomic E-state index is 13.1. The molecule has 0 saturated carbocycles. The van der Waals surface area contributed by atoms with Crippen molar-refractivity contribution in [3.8, 4) is 11.4 Å². The van der Waals surface area contributed by atoms with E-state index in [0.717, 1.165) is 5.57 Å². The zero-order chi connectivity index (χ0) is 22.8. The molecule has 0 amide bonds. The van der Waals surface area contributed by atoms with Gasteiger partial charge in [-0.15, -0.1) is 0 Å². The monoisotopic (exact) mass is 441 g/mol. The van der Waals surface area contributed by atoms with E-state index in [9.17, 15) is 26.3 Å². The highest BCUT2D eigenvalue weighted by atomic mass is 19.4. The first-order valence-corrected chi connectivity index (χ1v) is 9.09. The first-order valence-electron chi connectivity index (χ1n) is 9.09. The minimum atomic E-state index is -4.95. The van der Waals surface area contributed by atoms with Crippen LogP contribution in [0.25, 0.3) is 17.0 Å². The Hall–Kier alpha value is -3.24. The fraction of sp³-hybridized carbons (Fsp3) is 0.300. The average molecular weight is 441 g/mol. The molecule has 3 aromatic rings. The van der Waals surface area contributed by atoms with Crippen molar-refractivity contribution in [3.05, 3.63) is 66.0 Å². The van der Waals surface area contributed by atoms with Crippen LogP contribution in [0.5, 0.6) is 0 Å². The molecule has 0 N–H and O–H groups in total. The SMILES string of the molecule is CC(C)/C=C(/Cn1cnc(-c2cc(C(F)(F)F)cc(C(F)(F)F)c2)n1)c1cncnc1. The van der Waals surface area contributed by atoms with Gasteiger partial charge in [-0.3, -0.25) is 0 Å². The molecule has 0 fully saturated rings. The topological polar surface area (TPSA) is 56.5 Å². The van der Waals surface area contributed by atoms with Crippen LogP contribution in [-0.4, -0.2) is 24.7 Å². The summed E-state index contributed by atoms with van der Waals surface area (Å²) in [5, 5.41) is 4.09. The van der Waals surface area contributed by atoms with Crippen LogP contribution in [-0.2, 0) is 18.9 Å². The molecule has 164 valence electrons. The molecule has 2 aromatic heterocycles. The molecule has 1 aromatic carbocycles. The number of hydrogen-bond acceptors (Lipinski definition) is 4. The van der Waals surface area contributed by atoms with Crippen molar-refractivity contribution in [2.24, 2.45) is 5.92 Å². The molecule has 0 aliphatic rings. The van der Waals surface area contributed by atoms with E-state index in [-0.39, 0.29) is 29.9 Å². The number of alkyl halides is 6. The summed E-state index contributed by atoms with van der Waals surface area (Å²) < 4.78 is 80.0. The molecule has 5 nitrogen and oxygen atoms in total. The lowest BCUT2D eigenvalue weighted by molar-refractivity contribution is -0.143. The van der Waals surface area contributed by atoms with Crippen LogP contribution in [0, 0.1) is 5.92 Å². The minimum Gasteiger partial charge on any atom is -0.248 e. The average Bonchev–Trinajstić information content (AvgIpc) is 3.15. The molecule has 0 spiro atoms. The van der Waals surface area contributed by atoms with Gasteiger partial charge in [-0.25, -0.2) is 19.6 Å². The molecule has 11 heteroatoms. The quantitative estimate of drug-likeness (QED) is 0.490. The van der Waals surface area contributed by atoms with Crippen LogP contribution in [0.15, 0.2) is 49.3 Å². The van der Waals surface area contributed by atoms with E-state index in [1.165, 1.54) is 17.3 Å². The third kappa shape index (κ3) is 5.68. The summed E-state index contributed by atoms with van der Waals surface area (Å²) in [7, 11) is 0. The highest BCUT2D eigenvalue weighted by molar-refractivity contribution is 5.64. The summed E-state index contributed by atoms with van der Waals surface area (Å²) in [6.07, 6.45) is -2.14. The van der Waals surface area contributed by atoms with Gasteiger partial charge in [-0.2, -0.15) is 31.4 Å². The third-order valence-corrected chi connectivity index (χ3v) is 4.18. The van der Waals surface area contributed by atoms with E-state index in [1.54, 1.807) is 12.4 Å². The molecular weight excluding hydrogens is 424 g/mol. The van der Waals surface area contributed by atoms with Crippen molar-refractivity contribution in [1.82, 2.24) is 24.7 Å². The zero-order valence-corrected chi connectivity index (χ0v) is 16.4. The van der Waals surface area contributed by atoms with Gasteiger partial charge in [0.2, 0.25) is 0 Å². The van der Waals surface area contributed by atoms with Crippen molar-refractivity contribution in [3.63, 3.8) is 0 Å². The second-order valence-electron chi connectivity index (χ2n) is 7.12. The van der Waals surface area contributed by atoms with E-state index in [2.05, 4.69) is 20.1 Å². The largest absolute Gasteiger partial charge is 0.416 e. The number of aromatic nitrogens is 5. The smallest absolute Gasteiger partial charge is 0.248 e. The summed E-state index contributed by atoms with van der Waals surface area (Å²) in [4.78, 5) is 11.8. The van der Waals surface area contributed by atoms with Crippen LogP contribution in [0.3, 0.4) is 0 Å². The summed E-state index contributed by atoms with van der Waals surface area (Å²) in [6.45, 7) is 4.10. The molecule has 0 atom stereocenters. The number of rotatable bonds is 5. The Morgan fingerprint density at radius 3 is 2.06 bits per heavy atom. The Morgan fingerprint density at radius 2 is 1.55 bits per heavy atom. The Kier molecular flexibility index (Phi) is 6.14. The number of hydrogen-bond donors (Lipinski definition) is 0. The maximum atomic E-state index is 13.1. The molecule has 31 heavy (non-hydrogen) atoms. The number of allylic oxidation sites excluding steroid dienone is 2. The van der Waals surface area contributed by atoms with E-state index in [0.29, 0.717) is 17.7 Å². The highest BCUT2D eigenvalue weighted by Gasteiger charge is 2.37. The molecule has 0 aliphatic carbocycles. The van der Waals surface area contributed by atoms with Gasteiger partial charge in [0.15, 0.2) is 5.82 Å². The van der Waals surface area contributed by atoms with Crippen molar-refractivity contribution in [1.29, 1.82) is 0 Å². The van der Waals surface area contributed by atoms with E-state index >= 15 is 0 Å². The Labute approximate surface area is 173 Å². The maximum Gasteiger partial charge on any atom is 0.416 e. The fourth-order valence-corrected chi connectivity index (χ4v) is 2.87. The molecule has 3 rings (SSSR count). The van der Waals surface area contributed by atoms with Crippen molar-refractivity contribution in [2.45, 2.75) is 32.7 Å². The van der Waals surface area contributed by atoms with Crippen LogP contribution in [0.4, 0.5) is 26.3 Å². The van der Waals surface area contributed by atoms with Gasteiger partial charge in [0, 0.05) is 23.5 Å². The predicted molar refractivity (Wildman–Crippen MR) is 100 cm³/mol. The van der Waals surface area contributed by atoms with Gasteiger partial charge in [0.05, 0.1) is 17.7 Å². The second-order valence-corrected chi connectivity index (χ2v) is 7.12. The Morgan fingerprint density at radius 1 is 0.968 bits per heavy atom. The van der Waals surface area contributed by atoms with E-state index < -0.39 is 23.5 Å². The number of benzene rings is 1. The standard InChI is InChI=1S/C20H17F6N5/c1-12(2)3-14(15-7-27-10-28-8-15)9-31-11-29-18(30-31)13-4-16(19(21,22)23)6-17(5-13)20(24,25)26/h3-8,10-12H,9H2,1-2H3/b14-3-. The van der Waals surface area contributed by atoms with Gasteiger partial charge >= 0.3 is 12.4 Å². The number of nitrogens with zero attached hydrogens (tertiary/aromatic N) is 5. The molecular formula is C20H17F6N5. The first-order chi connectivity index (χ1) is 14.4. The van der Waals surface area contributed by atoms with Gasteiger partial charge < -0.3 is 0 Å². The lowest BCUT2D eigenvalue weighted by Gasteiger charge is -2.13. The van der Waals surface area contributed by atoms with Crippen LogP contribution in [0.2, 0.25) is 0 Å². The van der Waals surface area contributed by atoms with Gasteiger partial charge in [-0.1, -0.05) is 19.9 Å². The van der Waals surface area contributed by atoms with Gasteiger partial charge in [0.1, 0.15) is 12.7 Å². The molecule has 0 unspecified atom stereocenters. The second kappa shape index (κ2) is 8.48. The zero-order valence-electron chi connectivity index (χ0n) is 16.4. The summed E-state index contributed by atoms with van der Waals surface area (Å²) >= 11 is 0. The Bertz CT molecular complexity index is 1040. The van der Waals surface area contributed by atoms with Crippen LogP contribution < -0.4 is 0 Å². The van der Waals surface area contributed by atoms with Crippen molar-refractivity contribution in [2.75, 3.05) is 0 Å². The third-order valence-electron chi connectivity index (χ3n) is 4.18. The molecule has 0 aliphatic heterocycles. The van der Waals surface area contributed by atoms with E-state index in [1.807, 2.05) is 19.9 Å². The molecule has 0 saturated heterocycles. The summed E-state index contributed by atoms with van der Waals surface area (Å²) in [5.41, 5.74) is -1.72. The normalized spacial score (nSPS) is 13.1. The van der Waals surface area contributed by atoms with Crippen molar-refractivity contribution < 1.29 is 26.3 Å². The first kappa shape index (κ1) is 22.4. The van der Waals surface area contributed by atoms with Crippen LogP contribution >= 0.6 is 0 Å². The van der Waals surface area contributed by atoms with Gasteiger partial charge in [0.25, 0.3) is 0 Å². The van der Waals surface area contributed by atoms with E-state index in [4.69, 9.17) is 0 Å². The summed E-state index contributed by atoms with van der Waals surface area (Å²) in [5.74, 6) is -0.0826. The molecule has 0 radical (unpaired) electrons. The van der Waals surface area contributed by atoms with Crippen LogP contribution in [0.1, 0.15) is 30.5 Å². The van der Waals surface area contributed by atoms with Gasteiger partial charge in [-0.05, 0) is 29.7 Å². The molecule has 0 bridgehead atoms. The lowest BCUT2D eigenvalue weighted by atomic mass is 10.0.